The van der Waals surface area contributed by atoms with Crippen molar-refractivity contribution in [2.24, 2.45) is 0 Å². The zero-order valence-electron chi connectivity index (χ0n) is 15.8. The molecule has 0 saturated heterocycles. The Kier molecular flexibility index (Phi) is 8.36. The van der Waals surface area contributed by atoms with Gasteiger partial charge in [-0.1, -0.05) is 6.58 Å². The summed E-state index contributed by atoms with van der Waals surface area (Å²) in [6, 6.07) is 0. The van der Waals surface area contributed by atoms with Gasteiger partial charge in [0.15, 0.2) is 0 Å². The molecule has 0 N–H and O–H groups in total. The summed E-state index contributed by atoms with van der Waals surface area (Å²) in [5.41, 5.74) is -0.596. The standard InChI is InChI=1S/C14H9F17O3/c1-5(2)6(32)33-4-3-7(15,12(24,25)26)34-14(30,31)11(22,23)9(18,19)8(16,17)10(20,21)13(27,28)29/h1,3-4H2,2H3. The average molecular weight is 548 g/mol. The molecule has 0 aliphatic heterocycles. The molecule has 3 nitrogen and oxygen atoms in total. The van der Waals surface area contributed by atoms with E-state index in [0.29, 0.717) is 0 Å². The molecule has 0 fully saturated rings. The lowest BCUT2D eigenvalue weighted by molar-refractivity contribution is -0.499. The van der Waals surface area contributed by atoms with Crippen molar-refractivity contribution in [3.63, 3.8) is 0 Å². The van der Waals surface area contributed by atoms with Gasteiger partial charge in [0.25, 0.3) is 0 Å². The third-order valence-electron chi connectivity index (χ3n) is 3.62. The van der Waals surface area contributed by atoms with Gasteiger partial charge in [-0.3, -0.25) is 4.74 Å². The predicted octanol–water partition coefficient (Wildman–Crippen LogP) is 6.44. The maximum atomic E-state index is 13.9. The molecule has 0 bridgehead atoms. The van der Waals surface area contributed by atoms with Gasteiger partial charge in [-0.05, 0) is 6.92 Å². The smallest absolute Gasteiger partial charge is 0.460 e. The zero-order valence-corrected chi connectivity index (χ0v) is 15.8. The second-order valence-electron chi connectivity index (χ2n) is 6.31. The van der Waals surface area contributed by atoms with Crippen molar-refractivity contribution >= 4 is 5.97 Å². The van der Waals surface area contributed by atoms with E-state index in [0.717, 1.165) is 6.92 Å². The monoisotopic (exact) mass is 548 g/mol. The predicted molar refractivity (Wildman–Crippen MR) is 72.2 cm³/mol. The fraction of sp³-hybridized carbons (Fsp3) is 0.786. The Balaban J connectivity index is 6.33. The second-order valence-corrected chi connectivity index (χ2v) is 6.31. The highest BCUT2D eigenvalue weighted by Crippen LogP contribution is 2.61. The van der Waals surface area contributed by atoms with Crippen LogP contribution in [0.2, 0.25) is 0 Å². The van der Waals surface area contributed by atoms with Gasteiger partial charge in [0, 0.05) is 5.57 Å². The molecule has 20 heteroatoms. The second kappa shape index (κ2) is 8.89. The molecule has 0 spiro atoms. The van der Waals surface area contributed by atoms with Crippen molar-refractivity contribution in [1.29, 1.82) is 0 Å². The highest BCUT2D eigenvalue weighted by molar-refractivity contribution is 5.86. The molecule has 0 radical (unpaired) electrons. The Morgan fingerprint density at radius 1 is 0.647 bits per heavy atom. The van der Waals surface area contributed by atoms with Crippen LogP contribution in [0.4, 0.5) is 74.6 Å². The van der Waals surface area contributed by atoms with Crippen LogP contribution in [0.5, 0.6) is 0 Å². The number of carbonyl (C=O) groups is 1. The van der Waals surface area contributed by atoms with Crippen molar-refractivity contribution in [1.82, 2.24) is 0 Å². The molecule has 34 heavy (non-hydrogen) atoms. The van der Waals surface area contributed by atoms with Gasteiger partial charge in [0.05, 0.1) is 13.0 Å². The minimum absolute atomic E-state index is 0.596. The van der Waals surface area contributed by atoms with E-state index in [-0.39, 0.29) is 0 Å². The summed E-state index contributed by atoms with van der Waals surface area (Å²) in [6.45, 7) is 1.74. The SMILES string of the molecule is C=C(C)C(=O)OCCC(F)(OC(F)(F)C(F)(F)C(F)(F)C(F)(F)C(F)(F)C(F)(F)F)C(F)(F)F. The Morgan fingerprint density at radius 2 is 1.03 bits per heavy atom. The zero-order chi connectivity index (χ0) is 28.0. The van der Waals surface area contributed by atoms with Crippen LogP contribution in [0.1, 0.15) is 13.3 Å². The van der Waals surface area contributed by atoms with Gasteiger partial charge in [-0.15, -0.1) is 0 Å². The molecule has 0 aromatic carbocycles. The van der Waals surface area contributed by atoms with Crippen LogP contribution in [0.15, 0.2) is 12.2 Å². The lowest BCUT2D eigenvalue weighted by Crippen LogP contribution is -2.71. The Bertz CT molecular complexity index is 766. The van der Waals surface area contributed by atoms with E-state index in [1.807, 2.05) is 4.74 Å². The molecule has 0 rings (SSSR count). The van der Waals surface area contributed by atoms with E-state index in [1.165, 1.54) is 0 Å². The molecular formula is C14H9F17O3. The molecule has 0 amide bonds. The first-order valence-electron chi connectivity index (χ1n) is 7.77. The van der Waals surface area contributed by atoms with Crippen molar-refractivity contribution in [3.05, 3.63) is 12.2 Å². The van der Waals surface area contributed by atoms with Gasteiger partial charge in [0.1, 0.15) is 0 Å². The van der Waals surface area contributed by atoms with Gasteiger partial charge in [-0.25, -0.2) is 9.18 Å². The Morgan fingerprint density at radius 3 is 1.35 bits per heavy atom. The number of esters is 1. The van der Waals surface area contributed by atoms with Gasteiger partial charge < -0.3 is 4.74 Å². The number of carbonyl (C=O) groups excluding carboxylic acids is 1. The molecule has 0 saturated carbocycles. The molecule has 0 aliphatic carbocycles. The Hall–Kier alpha value is -2.02. The third-order valence-corrected chi connectivity index (χ3v) is 3.62. The first-order chi connectivity index (χ1) is 14.5. The fourth-order valence-corrected chi connectivity index (χ4v) is 1.67. The van der Waals surface area contributed by atoms with Crippen LogP contribution in [0.3, 0.4) is 0 Å². The van der Waals surface area contributed by atoms with E-state index in [4.69, 9.17) is 0 Å². The number of alkyl halides is 17. The van der Waals surface area contributed by atoms with Crippen LogP contribution in [0, 0.1) is 0 Å². The maximum absolute atomic E-state index is 13.9. The summed E-state index contributed by atoms with van der Waals surface area (Å²) in [7, 11) is 0. The number of rotatable bonds is 10. The largest absolute Gasteiger partial charge is 0.462 e. The van der Waals surface area contributed by atoms with E-state index in [2.05, 4.69) is 11.3 Å². The van der Waals surface area contributed by atoms with Gasteiger partial charge in [0.2, 0.25) is 0 Å². The normalized spacial score (nSPS) is 16.8. The Labute approximate surface area is 176 Å². The number of hydrogen-bond acceptors (Lipinski definition) is 3. The summed E-state index contributed by atoms with van der Waals surface area (Å²) in [4.78, 5) is 11.0. The molecule has 0 aliphatic rings. The number of hydrogen-bond donors (Lipinski definition) is 0. The molecule has 202 valence electrons. The molecule has 0 heterocycles. The molecule has 0 aromatic heterocycles. The quantitative estimate of drug-likeness (QED) is 0.179. The first-order valence-corrected chi connectivity index (χ1v) is 7.77. The molecule has 1 atom stereocenters. The maximum Gasteiger partial charge on any atom is 0.460 e. The van der Waals surface area contributed by atoms with Crippen molar-refractivity contribution in [2.75, 3.05) is 6.61 Å². The lowest BCUT2D eigenvalue weighted by atomic mass is 9.97. The molecule has 0 aromatic rings. The minimum atomic E-state index is -8.50. The highest BCUT2D eigenvalue weighted by atomic mass is 19.4. The topological polar surface area (TPSA) is 35.5 Å². The van der Waals surface area contributed by atoms with E-state index < -0.39 is 72.6 Å². The van der Waals surface area contributed by atoms with Crippen molar-refractivity contribution in [3.8, 4) is 0 Å². The molecule has 1 unspecified atom stereocenters. The average Bonchev–Trinajstić information content (AvgIpc) is 2.58. The first kappa shape index (κ1) is 32.0. The summed E-state index contributed by atoms with van der Waals surface area (Å²) >= 11 is 0. The summed E-state index contributed by atoms with van der Waals surface area (Å²) in [5, 5.41) is 0. The van der Waals surface area contributed by atoms with E-state index in [9.17, 15) is 79.4 Å². The highest BCUT2D eigenvalue weighted by Gasteiger charge is 2.92. The molecular weight excluding hydrogens is 539 g/mol. The number of ether oxygens (including phenoxy) is 2. The summed E-state index contributed by atoms with van der Waals surface area (Å²) in [6.07, 6.45) is -25.2. The van der Waals surface area contributed by atoms with Gasteiger partial charge in [-0.2, -0.15) is 70.2 Å². The van der Waals surface area contributed by atoms with Crippen molar-refractivity contribution < 1.29 is 88.9 Å². The van der Waals surface area contributed by atoms with Gasteiger partial charge >= 0.3 is 54.0 Å². The fourth-order valence-electron chi connectivity index (χ4n) is 1.67. The van der Waals surface area contributed by atoms with Crippen LogP contribution >= 0.6 is 0 Å². The van der Waals surface area contributed by atoms with Crippen LogP contribution in [-0.2, 0) is 14.3 Å². The van der Waals surface area contributed by atoms with Crippen LogP contribution < -0.4 is 0 Å². The summed E-state index contributed by atoms with van der Waals surface area (Å²) in [5.74, 6) is -41.2. The van der Waals surface area contributed by atoms with Crippen LogP contribution in [0.25, 0.3) is 0 Å². The number of halogens is 17. The minimum Gasteiger partial charge on any atom is -0.462 e. The van der Waals surface area contributed by atoms with E-state index in [1.54, 1.807) is 0 Å². The third kappa shape index (κ3) is 5.29. The van der Waals surface area contributed by atoms with E-state index >= 15 is 0 Å². The lowest BCUT2D eigenvalue weighted by Gasteiger charge is -2.41. The van der Waals surface area contributed by atoms with Crippen molar-refractivity contribution in [2.45, 2.75) is 61.4 Å². The summed E-state index contributed by atoms with van der Waals surface area (Å²) < 4.78 is 226. The van der Waals surface area contributed by atoms with Crippen LogP contribution in [-0.4, -0.2) is 60.6 Å².